The van der Waals surface area contributed by atoms with Crippen LogP contribution in [0.3, 0.4) is 0 Å². The van der Waals surface area contributed by atoms with Crippen molar-refractivity contribution in [2.24, 2.45) is 0 Å². The molecule has 0 aromatic heterocycles. The van der Waals surface area contributed by atoms with E-state index in [-0.39, 0.29) is 12.4 Å². The number of carboxylic acids is 1. The number of halogens is 1. The Kier molecular flexibility index (Phi) is 5.24. The molecule has 100 valence electrons. The lowest BCUT2D eigenvalue weighted by atomic mass is 10.1. The maximum absolute atomic E-state index is 12.6. The normalized spacial score (nSPS) is 11.4. The largest absolute Gasteiger partial charge is 0.481 e. The predicted octanol–water partition coefficient (Wildman–Crippen LogP) is 0.762. The summed E-state index contributed by atoms with van der Waals surface area (Å²) in [6.07, 6.45) is -0.00152. The van der Waals surface area contributed by atoms with Gasteiger partial charge in [-0.25, -0.2) is 17.5 Å². The van der Waals surface area contributed by atoms with Crippen LogP contribution in [0, 0.1) is 5.82 Å². The van der Waals surface area contributed by atoms with Gasteiger partial charge in [-0.15, -0.1) is 0 Å². The van der Waals surface area contributed by atoms with E-state index in [2.05, 4.69) is 4.72 Å². The van der Waals surface area contributed by atoms with Gasteiger partial charge in [0.25, 0.3) is 0 Å². The highest BCUT2D eigenvalue weighted by Crippen LogP contribution is 2.03. The molecule has 0 saturated carbocycles. The van der Waals surface area contributed by atoms with E-state index in [0.29, 0.717) is 6.42 Å². The Hall–Kier alpha value is -1.47. The highest BCUT2D eigenvalue weighted by atomic mass is 32.2. The molecule has 0 atom stereocenters. The van der Waals surface area contributed by atoms with Crippen LogP contribution in [0.1, 0.15) is 12.0 Å². The summed E-state index contributed by atoms with van der Waals surface area (Å²) in [7, 11) is -3.56. The number of aliphatic carboxylic acids is 1. The average molecular weight is 275 g/mol. The smallest absolute Gasteiger partial charge is 0.304 e. The molecule has 0 amide bonds. The van der Waals surface area contributed by atoms with Gasteiger partial charge in [0, 0.05) is 6.54 Å². The predicted molar refractivity (Wildman–Crippen MR) is 64.1 cm³/mol. The summed E-state index contributed by atoms with van der Waals surface area (Å²) in [4.78, 5) is 10.2. The molecule has 5 nitrogen and oxygen atoms in total. The number of benzene rings is 1. The summed E-state index contributed by atoms with van der Waals surface area (Å²) in [5.41, 5.74) is 0.803. The van der Waals surface area contributed by atoms with Crippen LogP contribution in [0.4, 0.5) is 4.39 Å². The molecule has 1 rings (SSSR count). The van der Waals surface area contributed by atoms with Gasteiger partial charge in [0.05, 0.1) is 12.2 Å². The summed E-state index contributed by atoms with van der Waals surface area (Å²) < 4.78 is 37.6. The number of hydrogen-bond acceptors (Lipinski definition) is 3. The topological polar surface area (TPSA) is 83.5 Å². The lowest BCUT2D eigenvalue weighted by Crippen LogP contribution is -2.29. The van der Waals surface area contributed by atoms with E-state index >= 15 is 0 Å². The molecule has 1 aromatic rings. The van der Waals surface area contributed by atoms with E-state index in [4.69, 9.17) is 5.11 Å². The van der Waals surface area contributed by atoms with Gasteiger partial charge in [0.15, 0.2) is 0 Å². The quantitative estimate of drug-likeness (QED) is 0.769. The van der Waals surface area contributed by atoms with E-state index in [1.54, 1.807) is 12.1 Å². The van der Waals surface area contributed by atoms with Gasteiger partial charge in [-0.2, -0.15) is 0 Å². The summed E-state index contributed by atoms with van der Waals surface area (Å²) in [5.74, 6) is -1.94. The third kappa shape index (κ3) is 5.74. The Bertz CT molecular complexity index is 498. The fraction of sp³-hybridized carbons (Fsp3) is 0.364. The molecule has 0 radical (unpaired) electrons. The van der Waals surface area contributed by atoms with Crippen LogP contribution in [0.15, 0.2) is 24.3 Å². The molecule has 2 N–H and O–H groups in total. The zero-order valence-electron chi connectivity index (χ0n) is 9.60. The monoisotopic (exact) mass is 275 g/mol. The van der Waals surface area contributed by atoms with E-state index in [0.717, 1.165) is 5.56 Å². The molecular formula is C11H14FNO4S. The van der Waals surface area contributed by atoms with Crippen molar-refractivity contribution in [1.29, 1.82) is 0 Å². The van der Waals surface area contributed by atoms with Crippen LogP contribution in [0.2, 0.25) is 0 Å². The lowest BCUT2D eigenvalue weighted by Gasteiger charge is -2.05. The van der Waals surface area contributed by atoms with Crippen molar-refractivity contribution in [3.8, 4) is 0 Å². The van der Waals surface area contributed by atoms with Crippen LogP contribution in [0.25, 0.3) is 0 Å². The standard InChI is InChI=1S/C11H14FNO4S/c12-10-3-1-9(2-4-10)5-7-13-18(16,17)8-6-11(14)15/h1-4,13H,5-8H2,(H,14,15). The zero-order valence-corrected chi connectivity index (χ0v) is 10.4. The molecule has 1 aromatic carbocycles. The van der Waals surface area contributed by atoms with Crippen LogP contribution in [-0.2, 0) is 21.2 Å². The second-order valence-electron chi connectivity index (χ2n) is 3.73. The van der Waals surface area contributed by atoms with E-state index < -0.39 is 28.2 Å². The minimum atomic E-state index is -3.56. The number of carbonyl (C=O) groups is 1. The number of rotatable bonds is 7. The van der Waals surface area contributed by atoms with Gasteiger partial charge in [-0.3, -0.25) is 4.79 Å². The van der Waals surface area contributed by atoms with Gasteiger partial charge in [-0.05, 0) is 24.1 Å². The average Bonchev–Trinajstić information content (AvgIpc) is 2.29. The van der Waals surface area contributed by atoms with E-state index in [1.165, 1.54) is 12.1 Å². The maximum atomic E-state index is 12.6. The molecule has 0 fully saturated rings. The molecule has 0 bridgehead atoms. The number of sulfonamides is 1. The first-order valence-corrected chi connectivity index (χ1v) is 6.98. The zero-order chi connectivity index (χ0) is 13.6. The minimum absolute atomic E-state index is 0.160. The Balaban J connectivity index is 2.37. The molecule has 18 heavy (non-hydrogen) atoms. The van der Waals surface area contributed by atoms with Crippen LogP contribution in [0.5, 0.6) is 0 Å². The fourth-order valence-corrected chi connectivity index (χ4v) is 2.30. The van der Waals surface area contributed by atoms with Crippen LogP contribution < -0.4 is 4.72 Å². The van der Waals surface area contributed by atoms with Gasteiger partial charge >= 0.3 is 5.97 Å². The van der Waals surface area contributed by atoms with Gasteiger partial charge in [0.2, 0.25) is 10.0 Å². The van der Waals surface area contributed by atoms with Crippen molar-refractivity contribution < 1.29 is 22.7 Å². The molecule has 0 spiro atoms. The lowest BCUT2D eigenvalue weighted by molar-refractivity contribution is -0.136. The van der Waals surface area contributed by atoms with Crippen molar-refractivity contribution in [3.05, 3.63) is 35.6 Å². The Morgan fingerprint density at radius 2 is 1.89 bits per heavy atom. The maximum Gasteiger partial charge on any atom is 0.304 e. The van der Waals surface area contributed by atoms with Crippen LogP contribution in [-0.4, -0.2) is 31.8 Å². The molecule has 0 saturated heterocycles. The fourth-order valence-electron chi connectivity index (χ4n) is 1.30. The van der Waals surface area contributed by atoms with E-state index in [9.17, 15) is 17.6 Å². The second kappa shape index (κ2) is 6.46. The molecule has 7 heteroatoms. The first-order chi connectivity index (χ1) is 8.39. The summed E-state index contributed by atoms with van der Waals surface area (Å²) in [6.45, 7) is 0.160. The molecule has 0 aliphatic carbocycles. The molecule has 0 aliphatic heterocycles. The van der Waals surface area contributed by atoms with Gasteiger partial charge in [0.1, 0.15) is 5.82 Å². The number of hydrogen-bond donors (Lipinski definition) is 2. The van der Waals surface area contributed by atoms with Crippen LogP contribution >= 0.6 is 0 Å². The van der Waals surface area contributed by atoms with Crippen molar-refractivity contribution in [3.63, 3.8) is 0 Å². The molecule has 0 unspecified atom stereocenters. The first-order valence-electron chi connectivity index (χ1n) is 5.32. The number of nitrogens with one attached hydrogen (secondary N) is 1. The van der Waals surface area contributed by atoms with Crippen molar-refractivity contribution in [2.45, 2.75) is 12.8 Å². The summed E-state index contributed by atoms with van der Waals surface area (Å²) >= 11 is 0. The Morgan fingerprint density at radius 1 is 1.28 bits per heavy atom. The third-order valence-electron chi connectivity index (χ3n) is 2.23. The minimum Gasteiger partial charge on any atom is -0.481 e. The Labute approximate surface area is 105 Å². The second-order valence-corrected chi connectivity index (χ2v) is 5.66. The highest BCUT2D eigenvalue weighted by Gasteiger charge is 2.11. The molecular weight excluding hydrogens is 261 g/mol. The van der Waals surface area contributed by atoms with E-state index in [1.807, 2.05) is 0 Å². The third-order valence-corrected chi connectivity index (χ3v) is 3.62. The Morgan fingerprint density at radius 3 is 2.44 bits per heavy atom. The SMILES string of the molecule is O=C(O)CCS(=O)(=O)NCCc1ccc(F)cc1. The summed E-state index contributed by atoms with van der Waals surface area (Å²) in [6, 6.07) is 5.74. The molecule has 0 heterocycles. The van der Waals surface area contributed by atoms with Crippen molar-refractivity contribution in [2.75, 3.05) is 12.3 Å². The van der Waals surface area contributed by atoms with Gasteiger partial charge in [-0.1, -0.05) is 12.1 Å². The number of carboxylic acid groups (broad SMARTS) is 1. The molecule has 0 aliphatic rings. The van der Waals surface area contributed by atoms with Crippen molar-refractivity contribution >= 4 is 16.0 Å². The summed E-state index contributed by atoms with van der Waals surface area (Å²) in [5, 5.41) is 8.38. The first kappa shape index (κ1) is 14.6. The van der Waals surface area contributed by atoms with Crippen molar-refractivity contribution in [1.82, 2.24) is 4.72 Å². The highest BCUT2D eigenvalue weighted by molar-refractivity contribution is 7.89. The van der Waals surface area contributed by atoms with Gasteiger partial charge < -0.3 is 5.11 Å².